The van der Waals surface area contributed by atoms with E-state index in [0.29, 0.717) is 16.7 Å². The van der Waals surface area contributed by atoms with Crippen LogP contribution < -0.4 is 10.1 Å². The van der Waals surface area contributed by atoms with Gasteiger partial charge in [0.1, 0.15) is 0 Å². The number of carbonyl (C=O) groups excluding carboxylic acids is 1. The second-order valence-electron chi connectivity index (χ2n) is 5.32. The second-order valence-corrected chi connectivity index (χ2v) is 5.32. The van der Waals surface area contributed by atoms with E-state index >= 15 is 0 Å². The molecule has 1 aromatic rings. The molecule has 104 valence electrons. The predicted molar refractivity (Wildman–Crippen MR) is 73.6 cm³/mol. The summed E-state index contributed by atoms with van der Waals surface area (Å²) in [6, 6.07) is 4.70. The fourth-order valence-corrected chi connectivity index (χ4v) is 2.42. The Balaban J connectivity index is 1.95. The average Bonchev–Trinajstić information content (AvgIpc) is 3.16. The van der Waals surface area contributed by atoms with Crippen LogP contribution in [0.4, 0.5) is 0 Å². The van der Waals surface area contributed by atoms with E-state index in [1.165, 1.54) is 32.4 Å². The van der Waals surface area contributed by atoms with Crippen LogP contribution in [0, 0.1) is 5.41 Å². The lowest BCUT2D eigenvalue weighted by Crippen LogP contribution is -2.30. The van der Waals surface area contributed by atoms with Gasteiger partial charge in [-0.25, -0.2) is 0 Å². The number of ether oxygens (including phenoxy) is 1. The fourth-order valence-electron chi connectivity index (χ4n) is 2.42. The summed E-state index contributed by atoms with van der Waals surface area (Å²) in [5.41, 5.74) is 0.796. The van der Waals surface area contributed by atoms with Crippen LogP contribution in [0.2, 0.25) is 0 Å². The molecule has 2 N–H and O–H groups in total. The zero-order valence-corrected chi connectivity index (χ0v) is 11.5. The van der Waals surface area contributed by atoms with Gasteiger partial charge in [-0.15, -0.1) is 0 Å². The molecule has 1 amide bonds. The summed E-state index contributed by atoms with van der Waals surface area (Å²) in [6.07, 6.45) is 4.73. The van der Waals surface area contributed by atoms with Gasteiger partial charge >= 0.3 is 0 Å². The molecule has 0 aromatic heterocycles. The molecule has 0 unspecified atom stereocenters. The van der Waals surface area contributed by atoms with Crippen molar-refractivity contribution in [3.05, 3.63) is 23.8 Å². The third-order valence-corrected chi connectivity index (χ3v) is 3.80. The largest absolute Gasteiger partial charge is 0.504 e. The van der Waals surface area contributed by atoms with Gasteiger partial charge < -0.3 is 15.2 Å². The van der Waals surface area contributed by atoms with E-state index in [4.69, 9.17) is 4.74 Å². The van der Waals surface area contributed by atoms with E-state index in [9.17, 15) is 9.90 Å². The van der Waals surface area contributed by atoms with Crippen LogP contribution in [0.1, 0.15) is 43.0 Å². The Morgan fingerprint density at radius 3 is 2.74 bits per heavy atom. The highest BCUT2D eigenvalue weighted by Gasteiger charge is 2.41. The number of benzene rings is 1. The van der Waals surface area contributed by atoms with Crippen molar-refractivity contribution in [1.82, 2.24) is 5.32 Å². The molecular formula is C15H21NO3. The number of nitrogens with one attached hydrogen (secondary N) is 1. The Hall–Kier alpha value is -1.71. The monoisotopic (exact) mass is 263 g/mol. The van der Waals surface area contributed by atoms with Crippen LogP contribution in [0.5, 0.6) is 11.5 Å². The lowest BCUT2D eigenvalue weighted by Gasteiger charge is -2.15. The molecule has 4 nitrogen and oxygen atoms in total. The summed E-state index contributed by atoms with van der Waals surface area (Å²) in [5.74, 6) is 0.228. The number of phenolic OH excluding ortho intramolecular Hbond substituents is 1. The highest BCUT2D eigenvalue weighted by molar-refractivity contribution is 5.94. The van der Waals surface area contributed by atoms with E-state index in [-0.39, 0.29) is 11.7 Å². The number of hydrogen-bond donors (Lipinski definition) is 2. The van der Waals surface area contributed by atoms with Crippen molar-refractivity contribution in [2.75, 3.05) is 13.7 Å². The van der Waals surface area contributed by atoms with Gasteiger partial charge in [0.25, 0.3) is 5.91 Å². The third kappa shape index (κ3) is 3.19. The predicted octanol–water partition coefficient (Wildman–Crippen LogP) is 2.71. The number of carbonyl (C=O) groups is 1. The minimum Gasteiger partial charge on any atom is -0.504 e. The maximum absolute atomic E-state index is 12.0. The number of hydrogen-bond acceptors (Lipinski definition) is 3. The highest BCUT2D eigenvalue weighted by atomic mass is 16.5. The van der Waals surface area contributed by atoms with Gasteiger partial charge in [0.05, 0.1) is 7.11 Å². The van der Waals surface area contributed by atoms with Crippen LogP contribution in [-0.2, 0) is 0 Å². The maximum atomic E-state index is 12.0. The minimum absolute atomic E-state index is 0.00940. The van der Waals surface area contributed by atoms with Gasteiger partial charge in [-0.1, -0.05) is 13.3 Å². The van der Waals surface area contributed by atoms with E-state index in [2.05, 4.69) is 12.2 Å². The van der Waals surface area contributed by atoms with Crippen molar-refractivity contribution in [2.45, 2.75) is 32.6 Å². The molecule has 2 rings (SSSR count). The quantitative estimate of drug-likeness (QED) is 0.829. The number of amides is 1. The van der Waals surface area contributed by atoms with Gasteiger partial charge in [0.15, 0.2) is 11.5 Å². The molecule has 1 aromatic carbocycles. The minimum atomic E-state index is -0.139. The smallest absolute Gasteiger partial charge is 0.251 e. The first-order valence-electron chi connectivity index (χ1n) is 6.75. The first kappa shape index (κ1) is 13.7. The molecule has 0 aliphatic heterocycles. The van der Waals surface area contributed by atoms with Gasteiger partial charge in [-0.05, 0) is 42.9 Å². The Kier molecular flexibility index (Phi) is 3.98. The number of rotatable bonds is 6. The number of aromatic hydroxyl groups is 1. The SMILES string of the molecule is CCCC1(CNC(=O)c2ccc(OC)c(O)c2)CC1. The number of phenols is 1. The summed E-state index contributed by atoms with van der Waals surface area (Å²) >= 11 is 0. The van der Waals surface area contributed by atoms with Crippen molar-refractivity contribution in [2.24, 2.45) is 5.41 Å². The van der Waals surface area contributed by atoms with Crippen LogP contribution in [0.25, 0.3) is 0 Å². The van der Waals surface area contributed by atoms with Crippen molar-refractivity contribution in [3.8, 4) is 11.5 Å². The van der Waals surface area contributed by atoms with E-state index in [0.717, 1.165) is 13.0 Å². The zero-order valence-electron chi connectivity index (χ0n) is 11.5. The normalized spacial score (nSPS) is 15.9. The van der Waals surface area contributed by atoms with E-state index in [1.54, 1.807) is 12.1 Å². The van der Waals surface area contributed by atoms with Crippen LogP contribution in [0.15, 0.2) is 18.2 Å². The summed E-state index contributed by atoms with van der Waals surface area (Å²) in [6.45, 7) is 2.90. The molecule has 1 aliphatic rings. The lowest BCUT2D eigenvalue weighted by atomic mass is 10.0. The summed E-state index contributed by atoms with van der Waals surface area (Å²) in [5, 5.41) is 12.6. The molecule has 4 heteroatoms. The van der Waals surface area contributed by atoms with E-state index in [1.807, 2.05) is 0 Å². The van der Waals surface area contributed by atoms with Crippen LogP contribution in [0.3, 0.4) is 0 Å². The van der Waals surface area contributed by atoms with Crippen LogP contribution in [-0.4, -0.2) is 24.7 Å². The first-order valence-corrected chi connectivity index (χ1v) is 6.75. The topological polar surface area (TPSA) is 58.6 Å². The number of methoxy groups -OCH3 is 1. The molecular weight excluding hydrogens is 242 g/mol. The molecule has 0 spiro atoms. The third-order valence-electron chi connectivity index (χ3n) is 3.80. The molecule has 0 bridgehead atoms. The average molecular weight is 263 g/mol. The lowest BCUT2D eigenvalue weighted by molar-refractivity contribution is 0.0943. The molecule has 0 heterocycles. The first-order chi connectivity index (χ1) is 9.10. The van der Waals surface area contributed by atoms with E-state index < -0.39 is 0 Å². The molecule has 0 saturated heterocycles. The van der Waals surface area contributed by atoms with Gasteiger partial charge in [-0.2, -0.15) is 0 Å². The Bertz CT molecular complexity index is 466. The molecule has 1 fully saturated rings. The van der Waals surface area contributed by atoms with Crippen molar-refractivity contribution >= 4 is 5.91 Å². The highest BCUT2D eigenvalue weighted by Crippen LogP contribution is 2.48. The van der Waals surface area contributed by atoms with Gasteiger partial charge in [-0.3, -0.25) is 4.79 Å². The summed E-state index contributed by atoms with van der Waals surface area (Å²) in [7, 11) is 1.48. The standard InChI is InChI=1S/C15H21NO3/c1-3-6-15(7-8-15)10-16-14(18)11-4-5-13(19-2)12(17)9-11/h4-5,9,17H,3,6-8,10H2,1-2H3,(H,16,18). The molecule has 1 aliphatic carbocycles. The fraction of sp³-hybridized carbons (Fsp3) is 0.533. The Labute approximate surface area is 113 Å². The molecule has 0 radical (unpaired) electrons. The molecule has 1 saturated carbocycles. The molecule has 0 atom stereocenters. The Morgan fingerprint density at radius 1 is 1.47 bits per heavy atom. The van der Waals surface area contributed by atoms with Crippen molar-refractivity contribution < 1.29 is 14.6 Å². The van der Waals surface area contributed by atoms with Crippen LogP contribution >= 0.6 is 0 Å². The van der Waals surface area contributed by atoms with Gasteiger partial charge in [0, 0.05) is 12.1 Å². The second kappa shape index (κ2) is 5.51. The maximum Gasteiger partial charge on any atom is 0.251 e. The molecule has 19 heavy (non-hydrogen) atoms. The van der Waals surface area contributed by atoms with Crippen molar-refractivity contribution in [3.63, 3.8) is 0 Å². The van der Waals surface area contributed by atoms with Crippen molar-refractivity contribution in [1.29, 1.82) is 0 Å². The van der Waals surface area contributed by atoms with Gasteiger partial charge in [0.2, 0.25) is 0 Å². The Morgan fingerprint density at radius 2 is 2.21 bits per heavy atom. The zero-order chi connectivity index (χ0) is 13.9. The summed E-state index contributed by atoms with van der Waals surface area (Å²) < 4.78 is 4.95. The summed E-state index contributed by atoms with van der Waals surface area (Å²) in [4.78, 5) is 12.0.